The fourth-order valence-corrected chi connectivity index (χ4v) is 1.63. The number of furan rings is 1. The molecule has 0 fully saturated rings. The summed E-state index contributed by atoms with van der Waals surface area (Å²) in [4.78, 5) is 11.4. The maximum absolute atomic E-state index is 11.4. The molecule has 0 saturated carbocycles. The maximum atomic E-state index is 11.4. The van der Waals surface area contributed by atoms with Crippen molar-refractivity contribution >= 4 is 16.7 Å². The van der Waals surface area contributed by atoms with Crippen LogP contribution in [0.5, 0.6) is 11.9 Å². The van der Waals surface area contributed by atoms with Gasteiger partial charge in [0, 0.05) is 0 Å². The number of hydrogen-bond donors (Lipinski definition) is 0. The SMILES string of the molecule is COC(=O)c1ccc2c(OC)oc(OC)c2c1. The van der Waals surface area contributed by atoms with Gasteiger partial charge >= 0.3 is 5.97 Å². The molecule has 0 atom stereocenters. The molecule has 0 aliphatic heterocycles. The lowest BCUT2D eigenvalue weighted by Gasteiger charge is -1.99. The van der Waals surface area contributed by atoms with Crippen molar-refractivity contribution in [2.24, 2.45) is 0 Å². The zero-order valence-corrected chi connectivity index (χ0v) is 9.77. The summed E-state index contributed by atoms with van der Waals surface area (Å²) >= 11 is 0. The predicted molar refractivity (Wildman–Crippen MR) is 60.7 cm³/mol. The lowest BCUT2D eigenvalue weighted by Crippen LogP contribution is -2.00. The Morgan fingerprint density at radius 1 is 1.06 bits per heavy atom. The van der Waals surface area contributed by atoms with Gasteiger partial charge in [-0.25, -0.2) is 4.79 Å². The molecule has 0 amide bonds. The molecule has 0 N–H and O–H groups in total. The number of methoxy groups -OCH3 is 3. The Kier molecular flexibility index (Phi) is 2.91. The third-order valence-corrected chi connectivity index (χ3v) is 2.44. The maximum Gasteiger partial charge on any atom is 0.337 e. The van der Waals surface area contributed by atoms with Crippen LogP contribution in [0.3, 0.4) is 0 Å². The molecule has 1 aromatic heterocycles. The van der Waals surface area contributed by atoms with Crippen LogP contribution in [0.25, 0.3) is 10.8 Å². The van der Waals surface area contributed by atoms with Crippen LogP contribution >= 0.6 is 0 Å². The van der Waals surface area contributed by atoms with Crippen molar-refractivity contribution in [1.82, 2.24) is 0 Å². The highest BCUT2D eigenvalue weighted by Gasteiger charge is 2.16. The average molecular weight is 236 g/mol. The number of benzene rings is 1. The van der Waals surface area contributed by atoms with Crippen LogP contribution in [0.15, 0.2) is 22.6 Å². The van der Waals surface area contributed by atoms with Crippen molar-refractivity contribution in [2.45, 2.75) is 0 Å². The van der Waals surface area contributed by atoms with E-state index in [1.54, 1.807) is 18.2 Å². The van der Waals surface area contributed by atoms with E-state index in [2.05, 4.69) is 4.74 Å². The van der Waals surface area contributed by atoms with Crippen molar-refractivity contribution in [3.05, 3.63) is 23.8 Å². The predicted octanol–water partition coefficient (Wildman–Crippen LogP) is 2.24. The van der Waals surface area contributed by atoms with Crippen LogP contribution in [-0.2, 0) is 4.74 Å². The van der Waals surface area contributed by atoms with E-state index >= 15 is 0 Å². The normalized spacial score (nSPS) is 10.3. The van der Waals surface area contributed by atoms with Gasteiger partial charge in [0.1, 0.15) is 0 Å². The van der Waals surface area contributed by atoms with E-state index in [-0.39, 0.29) is 0 Å². The van der Waals surface area contributed by atoms with Gasteiger partial charge < -0.3 is 18.6 Å². The van der Waals surface area contributed by atoms with Crippen LogP contribution in [0, 0.1) is 0 Å². The van der Waals surface area contributed by atoms with Crippen molar-refractivity contribution in [3.8, 4) is 11.9 Å². The van der Waals surface area contributed by atoms with Gasteiger partial charge in [-0.15, -0.1) is 0 Å². The van der Waals surface area contributed by atoms with E-state index in [0.717, 1.165) is 5.39 Å². The molecule has 0 aliphatic rings. The topological polar surface area (TPSA) is 57.9 Å². The molecule has 2 aromatic rings. The molecule has 90 valence electrons. The molecule has 2 rings (SSSR count). The summed E-state index contributed by atoms with van der Waals surface area (Å²) in [7, 11) is 4.33. The molecule has 0 unspecified atom stereocenters. The van der Waals surface area contributed by atoms with Gasteiger partial charge in [0.15, 0.2) is 0 Å². The van der Waals surface area contributed by atoms with Crippen molar-refractivity contribution < 1.29 is 23.4 Å². The Labute approximate surface area is 97.9 Å². The summed E-state index contributed by atoms with van der Waals surface area (Å²) < 4.78 is 20.1. The second-order valence-corrected chi connectivity index (χ2v) is 3.34. The standard InChI is InChI=1S/C12H12O5/c1-14-10(13)7-4-5-8-9(6-7)12(16-3)17-11(8)15-2/h4-6H,1-3H3. The second kappa shape index (κ2) is 4.37. The van der Waals surface area contributed by atoms with E-state index in [9.17, 15) is 4.79 Å². The molecule has 0 radical (unpaired) electrons. The molecule has 0 spiro atoms. The number of esters is 1. The molecule has 17 heavy (non-hydrogen) atoms. The van der Waals surface area contributed by atoms with E-state index in [4.69, 9.17) is 13.9 Å². The number of ether oxygens (including phenoxy) is 3. The smallest absolute Gasteiger partial charge is 0.337 e. The average Bonchev–Trinajstić information content (AvgIpc) is 2.74. The second-order valence-electron chi connectivity index (χ2n) is 3.34. The fourth-order valence-electron chi connectivity index (χ4n) is 1.63. The molecule has 1 heterocycles. The van der Waals surface area contributed by atoms with E-state index in [1.807, 2.05) is 0 Å². The number of carbonyl (C=O) groups is 1. The Hall–Kier alpha value is -2.17. The molecule has 0 bridgehead atoms. The van der Waals surface area contributed by atoms with Gasteiger partial charge in [-0.3, -0.25) is 0 Å². The summed E-state index contributed by atoms with van der Waals surface area (Å²) in [5, 5.41) is 1.42. The minimum Gasteiger partial charge on any atom is -0.468 e. The largest absolute Gasteiger partial charge is 0.468 e. The van der Waals surface area contributed by atoms with Crippen molar-refractivity contribution in [3.63, 3.8) is 0 Å². The molecule has 5 heteroatoms. The molecule has 0 aliphatic carbocycles. The van der Waals surface area contributed by atoms with E-state index in [0.29, 0.717) is 22.8 Å². The van der Waals surface area contributed by atoms with Crippen LogP contribution in [0.2, 0.25) is 0 Å². The Morgan fingerprint density at radius 3 is 2.29 bits per heavy atom. The zero-order chi connectivity index (χ0) is 12.4. The Balaban J connectivity index is 2.63. The van der Waals surface area contributed by atoms with E-state index < -0.39 is 5.97 Å². The van der Waals surface area contributed by atoms with Gasteiger partial charge in [0.2, 0.25) is 0 Å². The van der Waals surface area contributed by atoms with Crippen LogP contribution in [0.1, 0.15) is 10.4 Å². The first kappa shape index (κ1) is 11.3. The summed E-state index contributed by atoms with van der Waals surface area (Å²) in [6, 6.07) is 5.02. The van der Waals surface area contributed by atoms with Crippen LogP contribution < -0.4 is 9.47 Å². The third-order valence-electron chi connectivity index (χ3n) is 2.44. The third kappa shape index (κ3) is 1.80. The molecule has 1 aromatic carbocycles. The molecular formula is C12H12O5. The lowest BCUT2D eigenvalue weighted by molar-refractivity contribution is 0.0601. The lowest BCUT2D eigenvalue weighted by atomic mass is 10.1. The number of rotatable bonds is 3. The number of hydrogen-bond acceptors (Lipinski definition) is 5. The van der Waals surface area contributed by atoms with Crippen molar-refractivity contribution in [1.29, 1.82) is 0 Å². The number of fused-ring (bicyclic) bond motifs is 1. The minimum atomic E-state index is -0.408. The molecule has 0 saturated heterocycles. The molecule has 5 nitrogen and oxygen atoms in total. The first-order valence-corrected chi connectivity index (χ1v) is 4.94. The summed E-state index contributed by atoms with van der Waals surface area (Å²) in [5.41, 5.74) is 0.432. The van der Waals surface area contributed by atoms with Gasteiger partial charge in [-0.1, -0.05) is 0 Å². The quantitative estimate of drug-likeness (QED) is 0.765. The summed E-state index contributed by atoms with van der Waals surface area (Å²) in [6.45, 7) is 0. The highest BCUT2D eigenvalue weighted by Crippen LogP contribution is 2.37. The van der Waals surface area contributed by atoms with Crippen molar-refractivity contribution in [2.75, 3.05) is 21.3 Å². The monoisotopic (exact) mass is 236 g/mol. The van der Waals surface area contributed by atoms with Gasteiger partial charge in [-0.2, -0.15) is 0 Å². The summed E-state index contributed by atoms with van der Waals surface area (Å²) in [5.74, 6) is 0.255. The highest BCUT2D eigenvalue weighted by atomic mass is 16.6. The summed E-state index contributed by atoms with van der Waals surface area (Å²) in [6.07, 6.45) is 0. The first-order valence-electron chi connectivity index (χ1n) is 4.94. The highest BCUT2D eigenvalue weighted by molar-refractivity contribution is 5.98. The van der Waals surface area contributed by atoms with Crippen LogP contribution in [0.4, 0.5) is 0 Å². The van der Waals surface area contributed by atoms with Gasteiger partial charge in [0.05, 0.1) is 37.7 Å². The Morgan fingerprint density at radius 2 is 1.71 bits per heavy atom. The van der Waals surface area contributed by atoms with Gasteiger partial charge in [-0.05, 0) is 18.2 Å². The minimum absolute atomic E-state index is 0.308. The number of carbonyl (C=O) groups excluding carboxylic acids is 1. The van der Waals surface area contributed by atoms with E-state index in [1.165, 1.54) is 21.3 Å². The zero-order valence-electron chi connectivity index (χ0n) is 9.77. The fraction of sp³-hybridized carbons (Fsp3) is 0.250. The van der Waals surface area contributed by atoms with Gasteiger partial charge in [0.25, 0.3) is 11.9 Å². The first-order chi connectivity index (χ1) is 8.21. The molecular weight excluding hydrogens is 224 g/mol. The van der Waals surface area contributed by atoms with Crippen LogP contribution in [-0.4, -0.2) is 27.3 Å². The Bertz CT molecular complexity index is 555.